The van der Waals surface area contributed by atoms with Gasteiger partial charge in [-0.25, -0.2) is 0 Å². The lowest BCUT2D eigenvalue weighted by Gasteiger charge is -2.18. The van der Waals surface area contributed by atoms with Crippen LogP contribution in [-0.4, -0.2) is 31.0 Å². The number of hydrogen-bond donors (Lipinski definition) is 0. The van der Waals surface area contributed by atoms with E-state index >= 15 is 0 Å². The third kappa shape index (κ3) is 3.86. The van der Waals surface area contributed by atoms with E-state index in [2.05, 4.69) is 0 Å². The molecule has 108 valence electrons. The van der Waals surface area contributed by atoms with Gasteiger partial charge in [0.2, 0.25) is 5.91 Å². The summed E-state index contributed by atoms with van der Waals surface area (Å²) in [5, 5.41) is 0. The first-order chi connectivity index (χ1) is 9.70. The fourth-order valence-corrected chi connectivity index (χ4v) is 2.54. The molecule has 1 heterocycles. The van der Waals surface area contributed by atoms with Crippen molar-refractivity contribution in [2.75, 3.05) is 20.2 Å². The third-order valence-electron chi connectivity index (χ3n) is 3.71. The second-order valence-electron chi connectivity index (χ2n) is 5.32. The second-order valence-corrected chi connectivity index (χ2v) is 5.32. The van der Waals surface area contributed by atoms with Crippen molar-refractivity contribution < 1.29 is 9.53 Å². The molecule has 3 heteroatoms. The minimum absolute atomic E-state index is 0.107. The number of ether oxygens (including phenoxy) is 1. The lowest BCUT2D eigenvalue weighted by atomic mass is 10.1. The number of methoxy groups -OCH3 is 1. The van der Waals surface area contributed by atoms with E-state index in [4.69, 9.17) is 4.74 Å². The molecule has 0 saturated carbocycles. The van der Waals surface area contributed by atoms with E-state index in [-0.39, 0.29) is 5.91 Å². The van der Waals surface area contributed by atoms with Gasteiger partial charge >= 0.3 is 0 Å². The maximum atomic E-state index is 12.2. The molecule has 0 radical (unpaired) electrons. The van der Waals surface area contributed by atoms with Crippen LogP contribution in [0, 0.1) is 6.92 Å². The van der Waals surface area contributed by atoms with Gasteiger partial charge in [-0.1, -0.05) is 24.5 Å². The van der Waals surface area contributed by atoms with Crippen molar-refractivity contribution in [2.24, 2.45) is 0 Å². The Labute approximate surface area is 121 Å². The highest BCUT2D eigenvalue weighted by Crippen LogP contribution is 2.21. The molecule has 1 aliphatic rings. The van der Waals surface area contributed by atoms with Crippen molar-refractivity contribution in [3.05, 3.63) is 35.4 Å². The monoisotopic (exact) mass is 273 g/mol. The van der Waals surface area contributed by atoms with Gasteiger partial charge in [-0.3, -0.25) is 4.79 Å². The Morgan fingerprint density at radius 1 is 1.20 bits per heavy atom. The molecule has 1 amide bonds. The summed E-state index contributed by atoms with van der Waals surface area (Å²) >= 11 is 0. The van der Waals surface area contributed by atoms with Gasteiger partial charge in [0.05, 0.1) is 7.11 Å². The van der Waals surface area contributed by atoms with E-state index in [0.717, 1.165) is 42.8 Å². The molecule has 0 unspecified atom stereocenters. The number of carbonyl (C=O) groups is 1. The largest absolute Gasteiger partial charge is 0.496 e. The zero-order chi connectivity index (χ0) is 14.4. The molecule has 20 heavy (non-hydrogen) atoms. The van der Waals surface area contributed by atoms with Crippen LogP contribution < -0.4 is 4.74 Å². The smallest absolute Gasteiger partial charge is 0.246 e. The van der Waals surface area contributed by atoms with E-state index < -0.39 is 0 Å². The van der Waals surface area contributed by atoms with Crippen LogP contribution in [0.2, 0.25) is 0 Å². The molecule has 1 aromatic rings. The quantitative estimate of drug-likeness (QED) is 0.790. The molecule has 0 bridgehead atoms. The second kappa shape index (κ2) is 7.13. The summed E-state index contributed by atoms with van der Waals surface area (Å²) in [7, 11) is 1.65. The summed E-state index contributed by atoms with van der Waals surface area (Å²) in [4.78, 5) is 14.2. The molecule has 0 aliphatic carbocycles. The van der Waals surface area contributed by atoms with Gasteiger partial charge in [-0.2, -0.15) is 0 Å². The van der Waals surface area contributed by atoms with Crippen LogP contribution in [0.1, 0.15) is 36.8 Å². The fraction of sp³-hybridized carbons (Fsp3) is 0.471. The minimum atomic E-state index is 0.107. The summed E-state index contributed by atoms with van der Waals surface area (Å²) in [6.07, 6.45) is 8.24. The Kier molecular flexibility index (Phi) is 5.22. The molecule has 0 spiro atoms. The molecular formula is C17H23NO2. The van der Waals surface area contributed by atoms with Crippen molar-refractivity contribution in [3.8, 4) is 5.75 Å². The van der Waals surface area contributed by atoms with Gasteiger partial charge in [0.25, 0.3) is 0 Å². The molecule has 1 fully saturated rings. The lowest BCUT2D eigenvalue weighted by molar-refractivity contribution is -0.125. The van der Waals surface area contributed by atoms with Gasteiger partial charge in [-0.05, 0) is 38.0 Å². The normalized spacial score (nSPS) is 16.2. The minimum Gasteiger partial charge on any atom is -0.496 e. The van der Waals surface area contributed by atoms with Crippen LogP contribution >= 0.6 is 0 Å². The average molecular weight is 273 g/mol. The molecule has 1 aromatic carbocycles. The van der Waals surface area contributed by atoms with Crippen molar-refractivity contribution >= 4 is 12.0 Å². The Balaban J connectivity index is 2.08. The zero-order valence-corrected chi connectivity index (χ0v) is 12.4. The average Bonchev–Trinajstić information content (AvgIpc) is 2.74. The van der Waals surface area contributed by atoms with Gasteiger partial charge in [-0.15, -0.1) is 0 Å². The first-order valence-corrected chi connectivity index (χ1v) is 7.32. The maximum absolute atomic E-state index is 12.2. The van der Waals surface area contributed by atoms with Gasteiger partial charge in [0, 0.05) is 24.7 Å². The number of benzene rings is 1. The van der Waals surface area contributed by atoms with Crippen LogP contribution in [0.3, 0.4) is 0 Å². The Bertz CT molecular complexity index is 486. The molecule has 0 aromatic heterocycles. The number of aryl methyl sites for hydroxylation is 1. The summed E-state index contributed by atoms with van der Waals surface area (Å²) in [6.45, 7) is 3.80. The van der Waals surface area contributed by atoms with Gasteiger partial charge < -0.3 is 9.64 Å². The Hall–Kier alpha value is -1.77. The lowest BCUT2D eigenvalue weighted by Crippen LogP contribution is -2.30. The summed E-state index contributed by atoms with van der Waals surface area (Å²) in [6, 6.07) is 5.98. The molecule has 2 rings (SSSR count). The number of carbonyl (C=O) groups excluding carboxylic acids is 1. The maximum Gasteiger partial charge on any atom is 0.246 e. The van der Waals surface area contributed by atoms with Gasteiger partial charge in [0.15, 0.2) is 0 Å². The standard InChI is InChI=1S/C17H23NO2/c1-14-7-9-16(20-2)15(13-14)8-10-17(19)18-11-5-3-4-6-12-18/h7-10,13H,3-6,11-12H2,1-2H3. The predicted octanol–water partition coefficient (Wildman–Crippen LogP) is 3.42. The van der Waals surface area contributed by atoms with Crippen LogP contribution in [0.25, 0.3) is 6.08 Å². The number of rotatable bonds is 3. The molecule has 0 N–H and O–H groups in total. The Morgan fingerprint density at radius 2 is 1.90 bits per heavy atom. The van der Waals surface area contributed by atoms with E-state index in [1.54, 1.807) is 13.2 Å². The van der Waals surface area contributed by atoms with Crippen LogP contribution in [0.5, 0.6) is 5.75 Å². The topological polar surface area (TPSA) is 29.5 Å². The number of nitrogens with zero attached hydrogens (tertiary/aromatic N) is 1. The fourth-order valence-electron chi connectivity index (χ4n) is 2.54. The highest BCUT2D eigenvalue weighted by molar-refractivity contribution is 5.92. The first kappa shape index (κ1) is 14.6. The number of hydrogen-bond acceptors (Lipinski definition) is 2. The van der Waals surface area contributed by atoms with E-state index in [1.165, 1.54) is 12.8 Å². The van der Waals surface area contributed by atoms with Crippen LogP contribution in [-0.2, 0) is 4.79 Å². The van der Waals surface area contributed by atoms with Gasteiger partial charge in [0.1, 0.15) is 5.75 Å². The third-order valence-corrected chi connectivity index (χ3v) is 3.71. The number of amides is 1. The van der Waals surface area contributed by atoms with Crippen molar-refractivity contribution in [3.63, 3.8) is 0 Å². The van der Waals surface area contributed by atoms with Crippen molar-refractivity contribution in [2.45, 2.75) is 32.6 Å². The van der Waals surface area contributed by atoms with E-state index in [0.29, 0.717) is 0 Å². The summed E-state index contributed by atoms with van der Waals surface area (Å²) in [5.41, 5.74) is 2.11. The summed E-state index contributed by atoms with van der Waals surface area (Å²) in [5.74, 6) is 0.908. The SMILES string of the molecule is COc1ccc(C)cc1C=CC(=O)N1CCCCCC1. The first-order valence-electron chi connectivity index (χ1n) is 7.32. The molecule has 0 atom stereocenters. The van der Waals surface area contributed by atoms with Crippen molar-refractivity contribution in [1.29, 1.82) is 0 Å². The molecule has 1 aliphatic heterocycles. The highest BCUT2D eigenvalue weighted by Gasteiger charge is 2.12. The summed E-state index contributed by atoms with van der Waals surface area (Å²) < 4.78 is 5.32. The highest BCUT2D eigenvalue weighted by atomic mass is 16.5. The number of likely N-dealkylation sites (tertiary alicyclic amines) is 1. The van der Waals surface area contributed by atoms with E-state index in [9.17, 15) is 4.79 Å². The van der Waals surface area contributed by atoms with Crippen LogP contribution in [0.15, 0.2) is 24.3 Å². The molecule has 1 saturated heterocycles. The molecule has 3 nitrogen and oxygen atoms in total. The molecular weight excluding hydrogens is 250 g/mol. The zero-order valence-electron chi connectivity index (χ0n) is 12.4. The Morgan fingerprint density at radius 3 is 2.55 bits per heavy atom. The van der Waals surface area contributed by atoms with E-state index in [1.807, 2.05) is 36.1 Å². The van der Waals surface area contributed by atoms with Crippen molar-refractivity contribution in [1.82, 2.24) is 4.90 Å². The predicted molar refractivity (Wildman–Crippen MR) is 81.8 cm³/mol. The van der Waals surface area contributed by atoms with Crippen LogP contribution in [0.4, 0.5) is 0 Å².